The summed E-state index contributed by atoms with van der Waals surface area (Å²) in [5, 5.41) is 3.06. The molecule has 6 nitrogen and oxygen atoms in total. The Hall–Kier alpha value is -2.08. The van der Waals surface area contributed by atoms with Crippen molar-refractivity contribution in [1.29, 1.82) is 0 Å². The lowest BCUT2D eigenvalue weighted by Gasteiger charge is -2.02. The van der Waals surface area contributed by atoms with Crippen molar-refractivity contribution in [3.05, 3.63) is 24.3 Å². The highest BCUT2D eigenvalue weighted by Crippen LogP contribution is 2.12. The van der Waals surface area contributed by atoms with Crippen LogP contribution in [0.15, 0.2) is 24.3 Å². The molecule has 1 aromatic carbocycles. The van der Waals surface area contributed by atoms with Gasteiger partial charge in [0.25, 0.3) is 0 Å². The van der Waals surface area contributed by atoms with Crippen LogP contribution >= 0.6 is 0 Å². The molecule has 0 atom stereocenters. The van der Waals surface area contributed by atoms with Crippen LogP contribution in [0.2, 0.25) is 0 Å². The molecule has 0 bridgehead atoms. The van der Waals surface area contributed by atoms with E-state index in [9.17, 15) is 4.79 Å². The average Bonchev–Trinajstić information content (AvgIpc) is 2.70. The zero-order valence-corrected chi connectivity index (χ0v) is 9.27. The van der Waals surface area contributed by atoms with Gasteiger partial charge in [0.15, 0.2) is 0 Å². The summed E-state index contributed by atoms with van der Waals surface area (Å²) < 4.78 is 5.01. The number of para-hydroxylation sites is 2. The Morgan fingerprint density at radius 3 is 3.06 bits per heavy atom. The minimum absolute atomic E-state index is 0.0538. The van der Waals surface area contributed by atoms with E-state index in [0.717, 1.165) is 11.0 Å². The average molecular weight is 234 g/mol. The zero-order chi connectivity index (χ0) is 12.1. The molecule has 0 saturated heterocycles. The molecule has 6 heteroatoms. The molecule has 2 aromatic rings. The Balaban J connectivity index is 1.81. The number of nitrogens with one attached hydrogen (secondary N) is 2. The Morgan fingerprint density at radius 1 is 1.47 bits per heavy atom. The molecule has 4 N–H and O–H groups in total. The van der Waals surface area contributed by atoms with E-state index in [2.05, 4.69) is 15.3 Å². The minimum atomic E-state index is -0.464. The van der Waals surface area contributed by atoms with E-state index >= 15 is 0 Å². The summed E-state index contributed by atoms with van der Waals surface area (Å²) in [5.41, 5.74) is 6.82. The van der Waals surface area contributed by atoms with Crippen LogP contribution in [-0.2, 0) is 9.53 Å². The summed E-state index contributed by atoms with van der Waals surface area (Å²) >= 11 is 0. The van der Waals surface area contributed by atoms with Gasteiger partial charge >= 0.3 is 0 Å². The van der Waals surface area contributed by atoms with E-state index < -0.39 is 5.91 Å². The fraction of sp³-hybridized carbons (Fsp3) is 0.273. The second-order valence-corrected chi connectivity index (χ2v) is 3.55. The molecule has 17 heavy (non-hydrogen) atoms. The summed E-state index contributed by atoms with van der Waals surface area (Å²) in [4.78, 5) is 17.9. The monoisotopic (exact) mass is 234 g/mol. The van der Waals surface area contributed by atoms with E-state index in [1.807, 2.05) is 24.3 Å². The van der Waals surface area contributed by atoms with Crippen LogP contribution in [0.5, 0.6) is 0 Å². The zero-order valence-electron chi connectivity index (χ0n) is 9.27. The fourth-order valence-corrected chi connectivity index (χ4v) is 1.45. The molecule has 0 aliphatic rings. The van der Waals surface area contributed by atoms with E-state index in [0.29, 0.717) is 19.1 Å². The van der Waals surface area contributed by atoms with Crippen molar-refractivity contribution in [1.82, 2.24) is 9.97 Å². The highest BCUT2D eigenvalue weighted by molar-refractivity contribution is 5.77. The molecular weight excluding hydrogens is 220 g/mol. The van der Waals surface area contributed by atoms with Gasteiger partial charge in [0.05, 0.1) is 17.6 Å². The number of aromatic amines is 1. The van der Waals surface area contributed by atoms with Crippen LogP contribution in [0.4, 0.5) is 5.95 Å². The van der Waals surface area contributed by atoms with E-state index in [-0.39, 0.29) is 6.61 Å². The van der Waals surface area contributed by atoms with Crippen molar-refractivity contribution in [3.8, 4) is 0 Å². The predicted octanol–water partition coefficient (Wildman–Crippen LogP) is 0.477. The van der Waals surface area contributed by atoms with Crippen molar-refractivity contribution >= 4 is 22.9 Å². The van der Waals surface area contributed by atoms with Gasteiger partial charge in [-0.1, -0.05) is 12.1 Å². The Labute approximate surface area is 98.2 Å². The number of benzene rings is 1. The molecule has 2 rings (SSSR count). The first kappa shape index (κ1) is 11.4. The lowest BCUT2D eigenvalue weighted by Crippen LogP contribution is -2.20. The summed E-state index contributed by atoms with van der Waals surface area (Å²) in [6.07, 6.45) is 0. The fourth-order valence-electron chi connectivity index (χ4n) is 1.45. The van der Waals surface area contributed by atoms with Crippen LogP contribution in [-0.4, -0.2) is 35.6 Å². The molecule has 0 radical (unpaired) electrons. The predicted molar refractivity (Wildman–Crippen MR) is 64.6 cm³/mol. The van der Waals surface area contributed by atoms with Crippen molar-refractivity contribution in [2.24, 2.45) is 5.73 Å². The lowest BCUT2D eigenvalue weighted by molar-refractivity contribution is -0.122. The van der Waals surface area contributed by atoms with Crippen molar-refractivity contribution in [2.45, 2.75) is 0 Å². The van der Waals surface area contributed by atoms with Gasteiger partial charge < -0.3 is 20.8 Å². The maximum Gasteiger partial charge on any atom is 0.243 e. The molecule has 1 heterocycles. The number of hydrogen-bond donors (Lipinski definition) is 3. The molecule has 0 saturated carbocycles. The number of H-pyrrole nitrogens is 1. The van der Waals surface area contributed by atoms with Crippen molar-refractivity contribution < 1.29 is 9.53 Å². The van der Waals surface area contributed by atoms with Crippen LogP contribution in [0.1, 0.15) is 0 Å². The first-order valence-electron chi connectivity index (χ1n) is 5.30. The molecule has 0 aliphatic heterocycles. The molecular formula is C11H14N4O2. The van der Waals surface area contributed by atoms with E-state index in [1.165, 1.54) is 0 Å². The van der Waals surface area contributed by atoms with Gasteiger partial charge in [0, 0.05) is 6.54 Å². The first-order valence-corrected chi connectivity index (χ1v) is 5.30. The number of imidazole rings is 1. The van der Waals surface area contributed by atoms with E-state index in [4.69, 9.17) is 10.5 Å². The first-order chi connectivity index (χ1) is 8.25. The lowest BCUT2D eigenvalue weighted by atomic mass is 10.3. The van der Waals surface area contributed by atoms with Gasteiger partial charge in [0.2, 0.25) is 11.9 Å². The number of anilines is 1. The number of ether oxygens (including phenoxy) is 1. The third-order valence-corrected chi connectivity index (χ3v) is 2.17. The summed E-state index contributed by atoms with van der Waals surface area (Å²) in [6, 6.07) is 7.76. The van der Waals surface area contributed by atoms with Crippen LogP contribution < -0.4 is 11.1 Å². The Kier molecular flexibility index (Phi) is 3.56. The molecule has 0 fully saturated rings. The number of fused-ring (bicyclic) bond motifs is 1. The number of carbonyl (C=O) groups is 1. The second kappa shape index (κ2) is 5.31. The van der Waals surface area contributed by atoms with Gasteiger partial charge in [-0.05, 0) is 12.1 Å². The maximum atomic E-state index is 10.4. The second-order valence-electron chi connectivity index (χ2n) is 3.55. The molecule has 1 aromatic heterocycles. The maximum absolute atomic E-state index is 10.4. The number of primary amides is 1. The minimum Gasteiger partial charge on any atom is -0.370 e. The molecule has 0 unspecified atom stereocenters. The normalized spacial score (nSPS) is 10.6. The Morgan fingerprint density at radius 2 is 2.29 bits per heavy atom. The van der Waals surface area contributed by atoms with E-state index in [1.54, 1.807) is 0 Å². The van der Waals surface area contributed by atoms with Crippen molar-refractivity contribution in [3.63, 3.8) is 0 Å². The third kappa shape index (κ3) is 3.18. The van der Waals surface area contributed by atoms with Crippen LogP contribution in [0.3, 0.4) is 0 Å². The van der Waals surface area contributed by atoms with Gasteiger partial charge in [-0.3, -0.25) is 4.79 Å². The number of nitrogens with zero attached hydrogens (tertiary/aromatic N) is 1. The highest BCUT2D eigenvalue weighted by atomic mass is 16.5. The number of hydrogen-bond acceptors (Lipinski definition) is 4. The molecule has 1 amide bonds. The van der Waals surface area contributed by atoms with Crippen molar-refractivity contribution in [2.75, 3.05) is 25.1 Å². The summed E-state index contributed by atoms with van der Waals surface area (Å²) in [7, 11) is 0. The summed E-state index contributed by atoms with van der Waals surface area (Å²) in [6.45, 7) is 0.912. The molecule has 0 spiro atoms. The molecule has 0 aliphatic carbocycles. The summed E-state index contributed by atoms with van der Waals surface area (Å²) in [5.74, 6) is 0.225. The van der Waals surface area contributed by atoms with Gasteiger partial charge in [0.1, 0.15) is 6.61 Å². The van der Waals surface area contributed by atoms with Gasteiger partial charge in [-0.25, -0.2) is 4.98 Å². The topological polar surface area (TPSA) is 93.0 Å². The largest absolute Gasteiger partial charge is 0.370 e. The van der Waals surface area contributed by atoms with Gasteiger partial charge in [-0.15, -0.1) is 0 Å². The van der Waals surface area contributed by atoms with Crippen LogP contribution in [0.25, 0.3) is 11.0 Å². The van der Waals surface area contributed by atoms with Crippen LogP contribution in [0, 0.1) is 0 Å². The molecule has 90 valence electrons. The standard InChI is InChI=1S/C11H14N4O2/c12-10(16)7-17-6-5-13-11-14-8-3-1-2-4-9(8)15-11/h1-4H,5-7H2,(H2,12,16)(H2,13,14,15). The smallest absolute Gasteiger partial charge is 0.243 e. The number of nitrogens with two attached hydrogens (primary N) is 1. The quantitative estimate of drug-likeness (QED) is 0.634. The number of amides is 1. The number of rotatable bonds is 6. The Bertz CT molecular complexity index is 476. The number of aromatic nitrogens is 2. The number of carbonyl (C=O) groups excluding carboxylic acids is 1. The third-order valence-electron chi connectivity index (χ3n) is 2.17. The van der Waals surface area contributed by atoms with Gasteiger partial charge in [-0.2, -0.15) is 0 Å². The SMILES string of the molecule is NC(=O)COCCNc1nc2ccccc2[nH]1. The highest BCUT2D eigenvalue weighted by Gasteiger charge is 2.00.